The number of hydrogen-bond acceptors (Lipinski definition) is 3. The van der Waals surface area contributed by atoms with Crippen LogP contribution in [0.4, 0.5) is 0 Å². The van der Waals surface area contributed by atoms with Crippen LogP contribution in [-0.4, -0.2) is 36.0 Å². The summed E-state index contributed by atoms with van der Waals surface area (Å²) in [7, 11) is 0. The fourth-order valence-electron chi connectivity index (χ4n) is 4.16. The van der Waals surface area contributed by atoms with Crippen molar-refractivity contribution < 1.29 is 9.59 Å². The lowest BCUT2D eigenvalue weighted by Crippen LogP contribution is -2.64. The largest absolute Gasteiger partial charge is 0.349 e. The topological polar surface area (TPSA) is 70.2 Å². The molecule has 2 fully saturated rings. The summed E-state index contributed by atoms with van der Waals surface area (Å²) in [4.78, 5) is 24.9. The number of carbonyl (C=O) groups is 2. The highest BCUT2D eigenvalue weighted by Crippen LogP contribution is 2.48. The molecule has 0 aromatic heterocycles. The Morgan fingerprint density at radius 1 is 1.35 bits per heavy atom. The van der Waals surface area contributed by atoms with Crippen LogP contribution >= 0.6 is 12.4 Å². The monoisotopic (exact) mass is 343 g/mol. The summed E-state index contributed by atoms with van der Waals surface area (Å²) in [5.41, 5.74) is -1.14. The van der Waals surface area contributed by atoms with Crippen LogP contribution in [0, 0.1) is 17.8 Å². The average molecular weight is 344 g/mol. The second kappa shape index (κ2) is 7.22. The summed E-state index contributed by atoms with van der Waals surface area (Å²) in [5.74, 6) is 0.733. The van der Waals surface area contributed by atoms with E-state index >= 15 is 0 Å². The first kappa shape index (κ1) is 20.0. The maximum Gasteiger partial charge on any atom is 0.246 e. The fourth-order valence-corrected chi connectivity index (χ4v) is 4.16. The van der Waals surface area contributed by atoms with Crippen LogP contribution in [0.1, 0.15) is 40.5 Å². The maximum atomic E-state index is 13.1. The van der Waals surface area contributed by atoms with Crippen LogP contribution in [0.5, 0.6) is 0 Å². The first-order chi connectivity index (χ1) is 10.2. The van der Waals surface area contributed by atoms with Crippen molar-refractivity contribution in [3.8, 4) is 0 Å². The molecule has 2 aliphatic rings. The molecule has 1 saturated heterocycles. The first-order valence-electron chi connectivity index (χ1n) is 8.12. The van der Waals surface area contributed by atoms with Crippen molar-refractivity contribution in [2.75, 3.05) is 13.1 Å². The predicted octanol–water partition coefficient (Wildman–Crippen LogP) is 1.63. The van der Waals surface area contributed by atoms with Crippen LogP contribution in [0.15, 0.2) is 12.7 Å². The number of amides is 2. The van der Waals surface area contributed by atoms with Crippen molar-refractivity contribution in [1.29, 1.82) is 0 Å². The number of halogens is 1. The Bertz CT molecular complexity index is 475. The van der Waals surface area contributed by atoms with Crippen LogP contribution in [0.25, 0.3) is 0 Å². The number of carbonyl (C=O) groups excluding carboxylic acids is 2. The summed E-state index contributed by atoms with van der Waals surface area (Å²) >= 11 is 0. The van der Waals surface area contributed by atoms with Crippen molar-refractivity contribution in [2.45, 2.75) is 51.6 Å². The van der Waals surface area contributed by atoms with E-state index in [2.05, 4.69) is 22.5 Å². The zero-order chi connectivity index (χ0) is 16.5. The van der Waals surface area contributed by atoms with Gasteiger partial charge in [-0.15, -0.1) is 19.0 Å². The third-order valence-electron chi connectivity index (χ3n) is 4.84. The van der Waals surface area contributed by atoms with E-state index in [9.17, 15) is 9.59 Å². The van der Waals surface area contributed by atoms with Gasteiger partial charge in [-0.2, -0.15) is 0 Å². The molecule has 5 nitrogen and oxygen atoms in total. The molecule has 0 spiro atoms. The van der Waals surface area contributed by atoms with Crippen LogP contribution in [-0.2, 0) is 9.59 Å². The van der Waals surface area contributed by atoms with E-state index in [4.69, 9.17) is 0 Å². The zero-order valence-corrected chi connectivity index (χ0v) is 15.4. The highest BCUT2D eigenvalue weighted by molar-refractivity contribution is 5.92. The van der Waals surface area contributed by atoms with Gasteiger partial charge in [-0.05, 0) is 64.5 Å². The molecule has 132 valence electrons. The number of hydrogen-bond donors (Lipinski definition) is 3. The minimum absolute atomic E-state index is 0. The predicted molar refractivity (Wildman–Crippen MR) is 94.5 cm³/mol. The van der Waals surface area contributed by atoms with Gasteiger partial charge in [0, 0.05) is 12.5 Å². The molecule has 6 heteroatoms. The Morgan fingerprint density at radius 3 is 2.52 bits per heavy atom. The van der Waals surface area contributed by atoms with Gasteiger partial charge < -0.3 is 16.0 Å². The molecular formula is C17H30ClN3O2. The van der Waals surface area contributed by atoms with Gasteiger partial charge in [0.25, 0.3) is 0 Å². The van der Waals surface area contributed by atoms with Gasteiger partial charge in [0.05, 0.1) is 0 Å². The van der Waals surface area contributed by atoms with Crippen molar-refractivity contribution in [3.05, 3.63) is 12.7 Å². The normalized spacial score (nSPS) is 32.6. The SMILES string of the molecule is C=CC[C@H]1[C@@H]2CNC[C@@H]2CC1(NC(C)=O)C(=O)NC(C)(C)C.Cl. The van der Waals surface area contributed by atoms with Gasteiger partial charge in [0.15, 0.2) is 0 Å². The van der Waals surface area contributed by atoms with E-state index in [0.717, 1.165) is 19.5 Å². The van der Waals surface area contributed by atoms with Gasteiger partial charge in [-0.3, -0.25) is 9.59 Å². The number of allylic oxidation sites excluding steroid dienone is 1. The van der Waals surface area contributed by atoms with Crippen molar-refractivity contribution >= 4 is 24.2 Å². The van der Waals surface area contributed by atoms with E-state index in [-0.39, 0.29) is 35.7 Å². The Balaban J connectivity index is 0.00000264. The summed E-state index contributed by atoms with van der Waals surface area (Å²) in [6.07, 6.45) is 3.30. The summed E-state index contributed by atoms with van der Waals surface area (Å²) in [6.45, 7) is 13.1. The van der Waals surface area contributed by atoms with Crippen LogP contribution in [0.3, 0.4) is 0 Å². The van der Waals surface area contributed by atoms with E-state index in [1.807, 2.05) is 26.8 Å². The molecule has 23 heavy (non-hydrogen) atoms. The van der Waals surface area contributed by atoms with E-state index in [1.54, 1.807) is 0 Å². The molecule has 0 aromatic carbocycles. The third-order valence-corrected chi connectivity index (χ3v) is 4.84. The van der Waals surface area contributed by atoms with E-state index in [0.29, 0.717) is 18.3 Å². The number of rotatable bonds is 4. The second-order valence-corrected chi connectivity index (χ2v) is 7.77. The summed E-state index contributed by atoms with van der Waals surface area (Å²) < 4.78 is 0. The maximum absolute atomic E-state index is 13.1. The highest BCUT2D eigenvalue weighted by Gasteiger charge is 2.58. The minimum atomic E-state index is -0.815. The molecule has 0 aromatic rings. The van der Waals surface area contributed by atoms with E-state index < -0.39 is 5.54 Å². The molecule has 0 bridgehead atoms. The molecule has 2 amide bonds. The van der Waals surface area contributed by atoms with Crippen LogP contribution < -0.4 is 16.0 Å². The fraction of sp³-hybridized carbons (Fsp3) is 0.765. The third kappa shape index (κ3) is 4.07. The van der Waals surface area contributed by atoms with Gasteiger partial charge in [-0.1, -0.05) is 6.08 Å². The lowest BCUT2D eigenvalue weighted by Gasteiger charge is -2.38. The van der Waals surface area contributed by atoms with Crippen molar-refractivity contribution in [3.63, 3.8) is 0 Å². The quantitative estimate of drug-likeness (QED) is 0.679. The molecule has 0 radical (unpaired) electrons. The number of nitrogens with one attached hydrogen (secondary N) is 3. The van der Waals surface area contributed by atoms with Crippen molar-refractivity contribution in [1.82, 2.24) is 16.0 Å². The zero-order valence-electron chi connectivity index (χ0n) is 14.6. The van der Waals surface area contributed by atoms with Crippen LogP contribution in [0.2, 0.25) is 0 Å². The molecular weight excluding hydrogens is 314 g/mol. The highest BCUT2D eigenvalue weighted by atomic mass is 35.5. The smallest absolute Gasteiger partial charge is 0.246 e. The Morgan fingerprint density at radius 2 is 2.00 bits per heavy atom. The number of fused-ring (bicyclic) bond motifs is 1. The molecule has 3 N–H and O–H groups in total. The molecule has 1 saturated carbocycles. The van der Waals surface area contributed by atoms with Gasteiger partial charge in [0.1, 0.15) is 5.54 Å². The summed E-state index contributed by atoms with van der Waals surface area (Å²) in [5, 5.41) is 9.50. The summed E-state index contributed by atoms with van der Waals surface area (Å²) in [6, 6.07) is 0. The molecule has 4 atom stereocenters. The van der Waals surface area contributed by atoms with Crippen molar-refractivity contribution in [2.24, 2.45) is 17.8 Å². The molecule has 1 aliphatic heterocycles. The lowest BCUT2D eigenvalue weighted by molar-refractivity contribution is -0.136. The minimum Gasteiger partial charge on any atom is -0.349 e. The molecule has 1 aliphatic carbocycles. The van der Waals surface area contributed by atoms with Gasteiger partial charge >= 0.3 is 0 Å². The second-order valence-electron chi connectivity index (χ2n) is 7.77. The van der Waals surface area contributed by atoms with Gasteiger partial charge in [-0.25, -0.2) is 0 Å². The lowest BCUT2D eigenvalue weighted by atomic mass is 9.79. The Kier molecular flexibility index (Phi) is 6.27. The molecule has 1 unspecified atom stereocenters. The molecule has 1 heterocycles. The Labute approximate surface area is 145 Å². The van der Waals surface area contributed by atoms with Gasteiger partial charge in [0.2, 0.25) is 11.8 Å². The Hall–Kier alpha value is -1.07. The standard InChI is InChI=1S/C17H29N3O2.ClH/c1-6-7-14-13-10-18-9-12(13)8-17(14,19-11(2)21)15(22)20-16(3,4)5;/h6,12-14,18H,1,7-10H2,2-5H3,(H,19,21)(H,20,22);1H/t12-,13+,14-,17?;/m0./s1. The molecule has 2 rings (SSSR count). The van der Waals surface area contributed by atoms with E-state index in [1.165, 1.54) is 6.92 Å². The first-order valence-corrected chi connectivity index (χ1v) is 8.12. The average Bonchev–Trinajstić information content (AvgIpc) is 2.89.